The molecule has 1 aliphatic rings. The van der Waals surface area contributed by atoms with Crippen molar-refractivity contribution in [2.75, 3.05) is 0 Å². The fourth-order valence-electron chi connectivity index (χ4n) is 1.97. The van der Waals surface area contributed by atoms with E-state index in [1.54, 1.807) is 0 Å². The van der Waals surface area contributed by atoms with Crippen LogP contribution >= 0.6 is 0 Å². The minimum atomic E-state index is -1.61. The van der Waals surface area contributed by atoms with Gasteiger partial charge in [-0.15, -0.1) is 0 Å². The Morgan fingerprint density at radius 2 is 1.67 bits per heavy atom. The van der Waals surface area contributed by atoms with Crippen LogP contribution in [-0.2, 0) is 9.53 Å². The molecule has 106 valence electrons. The second kappa shape index (κ2) is 5.52. The molecule has 0 spiro atoms. The van der Waals surface area contributed by atoms with Crippen molar-refractivity contribution in [3.8, 4) is 0 Å². The molecule has 1 rings (SSSR count). The number of carboxylic acids is 1. The normalized spacial score (nSPS) is 37.6. The van der Waals surface area contributed by atoms with Crippen molar-refractivity contribution in [1.82, 2.24) is 0 Å². The maximum Gasteiger partial charge on any atom is 0.335 e. The minimum Gasteiger partial charge on any atom is -0.479 e. The summed E-state index contributed by atoms with van der Waals surface area (Å²) in [6.07, 6.45) is -5.49. The predicted octanol–water partition coefficient (Wildman–Crippen LogP) is -0.253. The first-order valence-corrected chi connectivity index (χ1v) is 6.06. The van der Waals surface area contributed by atoms with Gasteiger partial charge in [0.15, 0.2) is 6.10 Å². The molecule has 0 aromatic carbocycles. The summed E-state index contributed by atoms with van der Waals surface area (Å²) in [7, 11) is 0. The molecule has 1 unspecified atom stereocenters. The molecule has 1 aliphatic heterocycles. The highest BCUT2D eigenvalue weighted by Gasteiger charge is 2.46. The van der Waals surface area contributed by atoms with Gasteiger partial charge in [-0.2, -0.15) is 0 Å². The van der Waals surface area contributed by atoms with E-state index in [1.165, 1.54) is 0 Å². The average molecular weight is 262 g/mol. The zero-order valence-electron chi connectivity index (χ0n) is 10.9. The Hall–Kier alpha value is -0.690. The molecule has 0 aromatic rings. The van der Waals surface area contributed by atoms with Gasteiger partial charge in [0.25, 0.3) is 0 Å². The summed E-state index contributed by atoms with van der Waals surface area (Å²) < 4.78 is 5.18. The Labute approximate surface area is 106 Å². The summed E-state index contributed by atoms with van der Waals surface area (Å²) in [6.45, 7) is 6.05. The van der Waals surface area contributed by atoms with Crippen LogP contribution in [0.3, 0.4) is 0 Å². The summed E-state index contributed by atoms with van der Waals surface area (Å²) in [4.78, 5) is 10.9. The van der Waals surface area contributed by atoms with E-state index in [-0.39, 0.29) is 5.41 Å². The van der Waals surface area contributed by atoms with Crippen molar-refractivity contribution in [2.45, 2.75) is 64.1 Å². The van der Waals surface area contributed by atoms with E-state index in [0.29, 0.717) is 12.8 Å². The van der Waals surface area contributed by atoms with Crippen molar-refractivity contribution < 1.29 is 30.0 Å². The van der Waals surface area contributed by atoms with Gasteiger partial charge in [-0.1, -0.05) is 20.8 Å². The number of hydrogen-bond donors (Lipinski definition) is 4. The van der Waals surface area contributed by atoms with Crippen LogP contribution in [0.25, 0.3) is 0 Å². The van der Waals surface area contributed by atoms with Crippen molar-refractivity contribution in [2.24, 2.45) is 5.41 Å². The number of carboxylic acid groups (broad SMARTS) is 1. The van der Waals surface area contributed by atoms with E-state index in [2.05, 4.69) is 0 Å². The molecule has 5 atom stereocenters. The number of aliphatic hydroxyl groups excluding tert-OH is 3. The number of rotatable bonds is 3. The Kier molecular flexibility index (Phi) is 4.72. The first-order chi connectivity index (χ1) is 8.13. The number of aliphatic hydroxyl groups is 3. The lowest BCUT2D eigenvalue weighted by Gasteiger charge is -2.39. The van der Waals surface area contributed by atoms with Crippen LogP contribution in [0.1, 0.15) is 33.6 Å². The third kappa shape index (κ3) is 3.65. The maximum atomic E-state index is 10.9. The monoisotopic (exact) mass is 262 g/mol. The smallest absolute Gasteiger partial charge is 0.335 e. The van der Waals surface area contributed by atoms with E-state index in [4.69, 9.17) is 9.84 Å². The predicted molar refractivity (Wildman–Crippen MR) is 63.0 cm³/mol. The summed E-state index contributed by atoms with van der Waals surface area (Å²) in [6, 6.07) is 0. The zero-order valence-corrected chi connectivity index (χ0v) is 10.9. The van der Waals surface area contributed by atoms with Gasteiger partial charge in [0.05, 0.1) is 6.10 Å². The molecule has 0 bridgehead atoms. The summed E-state index contributed by atoms with van der Waals surface area (Å²) in [5.41, 5.74) is 0.0167. The van der Waals surface area contributed by atoms with E-state index in [0.717, 1.165) is 0 Å². The Morgan fingerprint density at radius 1 is 1.11 bits per heavy atom. The summed E-state index contributed by atoms with van der Waals surface area (Å²) in [5, 5.41) is 37.8. The molecule has 6 heteroatoms. The molecule has 6 nitrogen and oxygen atoms in total. The number of aliphatic carboxylic acids is 1. The van der Waals surface area contributed by atoms with Crippen LogP contribution in [-0.4, -0.2) is 56.9 Å². The van der Waals surface area contributed by atoms with Crippen LogP contribution in [0.5, 0.6) is 0 Å². The third-order valence-corrected chi connectivity index (χ3v) is 3.13. The molecule has 0 aromatic heterocycles. The molecule has 0 amide bonds. The van der Waals surface area contributed by atoms with Crippen LogP contribution in [0.15, 0.2) is 0 Å². The summed E-state index contributed by atoms with van der Waals surface area (Å²) >= 11 is 0. The van der Waals surface area contributed by atoms with Crippen LogP contribution in [0.2, 0.25) is 0 Å². The van der Waals surface area contributed by atoms with E-state index in [9.17, 15) is 20.1 Å². The van der Waals surface area contributed by atoms with Crippen molar-refractivity contribution in [1.29, 1.82) is 0 Å². The number of hydrogen-bond acceptors (Lipinski definition) is 5. The van der Waals surface area contributed by atoms with Gasteiger partial charge < -0.3 is 25.2 Å². The van der Waals surface area contributed by atoms with Gasteiger partial charge in [0, 0.05) is 0 Å². The Balaban J connectivity index is 2.70. The summed E-state index contributed by atoms with van der Waals surface area (Å²) in [5.74, 6) is -1.34. The Morgan fingerprint density at radius 3 is 2.11 bits per heavy atom. The Bertz CT molecular complexity index is 297. The highest BCUT2D eigenvalue weighted by atomic mass is 16.6. The number of ether oxygens (including phenoxy) is 1. The van der Waals surface area contributed by atoms with Gasteiger partial charge in [-0.3, -0.25) is 0 Å². The minimum absolute atomic E-state index is 0.0167. The van der Waals surface area contributed by atoms with Crippen LogP contribution in [0, 0.1) is 5.41 Å². The maximum absolute atomic E-state index is 10.9. The topological polar surface area (TPSA) is 107 Å². The van der Waals surface area contributed by atoms with E-state index < -0.39 is 36.5 Å². The molecule has 0 aliphatic carbocycles. The fourth-order valence-corrected chi connectivity index (χ4v) is 1.97. The highest BCUT2D eigenvalue weighted by molar-refractivity contribution is 5.73. The van der Waals surface area contributed by atoms with Gasteiger partial charge in [-0.25, -0.2) is 4.79 Å². The van der Waals surface area contributed by atoms with Gasteiger partial charge >= 0.3 is 5.97 Å². The SMILES string of the molecule is CC(C)(C)CCC1O[C@H](C(=O)O)[C@@H](O)[C@H](O)[C@H]1O. The number of carbonyl (C=O) groups is 1. The largest absolute Gasteiger partial charge is 0.479 e. The molecule has 0 radical (unpaired) electrons. The standard InChI is InChI=1S/C12H22O6/c1-12(2,3)5-4-6-7(13)8(14)9(15)10(18-6)11(16)17/h6-10,13-15H,4-5H2,1-3H3,(H,16,17)/t6?,7-,8+,9-,10-/m0/s1. The second-order valence-corrected chi connectivity index (χ2v) is 6.00. The average Bonchev–Trinajstić information content (AvgIpc) is 2.23. The van der Waals surface area contributed by atoms with Crippen molar-refractivity contribution >= 4 is 5.97 Å². The fraction of sp³-hybridized carbons (Fsp3) is 0.917. The first-order valence-electron chi connectivity index (χ1n) is 6.06. The highest BCUT2D eigenvalue weighted by Crippen LogP contribution is 2.28. The lowest BCUT2D eigenvalue weighted by molar-refractivity contribution is -0.229. The van der Waals surface area contributed by atoms with Gasteiger partial charge in [-0.05, 0) is 18.3 Å². The van der Waals surface area contributed by atoms with Crippen LogP contribution < -0.4 is 0 Å². The molecule has 0 saturated carbocycles. The molecule has 1 heterocycles. The van der Waals surface area contributed by atoms with E-state index >= 15 is 0 Å². The molecular weight excluding hydrogens is 240 g/mol. The zero-order chi connectivity index (χ0) is 14.1. The third-order valence-electron chi connectivity index (χ3n) is 3.13. The lowest BCUT2D eigenvalue weighted by Crippen LogP contribution is -2.59. The van der Waals surface area contributed by atoms with Crippen molar-refractivity contribution in [3.05, 3.63) is 0 Å². The molecule has 1 saturated heterocycles. The molecule has 1 fully saturated rings. The van der Waals surface area contributed by atoms with Gasteiger partial charge in [0.2, 0.25) is 0 Å². The van der Waals surface area contributed by atoms with Crippen LogP contribution in [0.4, 0.5) is 0 Å². The molecular formula is C12H22O6. The van der Waals surface area contributed by atoms with Crippen molar-refractivity contribution in [3.63, 3.8) is 0 Å². The quantitative estimate of drug-likeness (QED) is 0.558. The molecule has 4 N–H and O–H groups in total. The molecule has 18 heavy (non-hydrogen) atoms. The second-order valence-electron chi connectivity index (χ2n) is 6.00. The van der Waals surface area contributed by atoms with E-state index in [1.807, 2.05) is 20.8 Å². The van der Waals surface area contributed by atoms with Gasteiger partial charge in [0.1, 0.15) is 18.3 Å². The first kappa shape index (κ1) is 15.4. The lowest BCUT2D eigenvalue weighted by atomic mass is 9.85.